The zero-order valence-corrected chi connectivity index (χ0v) is 19.1. The fraction of sp³-hybridized carbons (Fsp3) is 0.261. The largest absolute Gasteiger partial charge is 0.494 e. The van der Waals surface area contributed by atoms with Crippen molar-refractivity contribution in [3.05, 3.63) is 56.8 Å². The van der Waals surface area contributed by atoms with Crippen LogP contribution in [0.1, 0.15) is 18.9 Å². The minimum Gasteiger partial charge on any atom is -0.494 e. The van der Waals surface area contributed by atoms with Crippen molar-refractivity contribution in [1.82, 2.24) is 14.6 Å². The van der Waals surface area contributed by atoms with Crippen LogP contribution in [-0.2, 0) is 0 Å². The number of methoxy groups -OCH3 is 3. The Bertz CT molecular complexity index is 1320. The van der Waals surface area contributed by atoms with Gasteiger partial charge in [0.1, 0.15) is 5.75 Å². The van der Waals surface area contributed by atoms with Gasteiger partial charge in [0.05, 0.1) is 32.5 Å². The van der Waals surface area contributed by atoms with Crippen molar-refractivity contribution in [3.8, 4) is 34.4 Å². The summed E-state index contributed by atoms with van der Waals surface area (Å²) in [6.07, 6.45) is 2.70. The summed E-state index contributed by atoms with van der Waals surface area (Å²) in [7, 11) is 4.64. The summed E-state index contributed by atoms with van der Waals surface area (Å²) in [6.45, 7) is 2.73. The van der Waals surface area contributed by atoms with Gasteiger partial charge < -0.3 is 18.9 Å². The van der Waals surface area contributed by atoms with E-state index in [-0.39, 0.29) is 5.56 Å². The van der Waals surface area contributed by atoms with Gasteiger partial charge in [-0.15, -0.1) is 5.10 Å². The van der Waals surface area contributed by atoms with E-state index in [2.05, 4.69) is 17.0 Å². The number of thiazole rings is 1. The SMILES string of the molecule is CCCOc1ccc(-c2nc3s/c(=C\c4cc(OC)c(OC)c(OC)c4)c(=O)n3n2)cc1. The Labute approximate surface area is 188 Å². The van der Waals surface area contributed by atoms with Crippen molar-refractivity contribution in [2.24, 2.45) is 0 Å². The number of aromatic nitrogens is 3. The number of rotatable bonds is 8. The van der Waals surface area contributed by atoms with E-state index in [9.17, 15) is 4.79 Å². The third-order valence-corrected chi connectivity index (χ3v) is 5.71. The quantitative estimate of drug-likeness (QED) is 0.405. The van der Waals surface area contributed by atoms with E-state index < -0.39 is 0 Å². The third kappa shape index (κ3) is 4.11. The number of nitrogens with zero attached hydrogens (tertiary/aromatic N) is 3. The van der Waals surface area contributed by atoms with Crippen LogP contribution in [-0.4, -0.2) is 42.5 Å². The van der Waals surface area contributed by atoms with Crippen molar-refractivity contribution in [2.45, 2.75) is 13.3 Å². The predicted molar refractivity (Wildman–Crippen MR) is 123 cm³/mol. The van der Waals surface area contributed by atoms with Crippen LogP contribution < -0.4 is 29.0 Å². The predicted octanol–water partition coefficient (Wildman–Crippen LogP) is 3.18. The molecule has 9 heteroatoms. The molecule has 0 aliphatic carbocycles. The average Bonchev–Trinajstić information content (AvgIpc) is 3.36. The molecule has 2 aromatic heterocycles. The van der Waals surface area contributed by atoms with Gasteiger partial charge in [-0.05, 0) is 54.5 Å². The minimum absolute atomic E-state index is 0.236. The Morgan fingerprint density at radius 2 is 1.72 bits per heavy atom. The van der Waals surface area contributed by atoms with E-state index in [0.29, 0.717) is 39.2 Å². The molecular weight excluding hydrogens is 430 g/mol. The first kappa shape index (κ1) is 21.6. The molecule has 0 amide bonds. The van der Waals surface area contributed by atoms with Gasteiger partial charge in [-0.2, -0.15) is 9.50 Å². The van der Waals surface area contributed by atoms with Crippen LogP contribution in [0.25, 0.3) is 22.4 Å². The van der Waals surface area contributed by atoms with Crippen LogP contribution in [0.3, 0.4) is 0 Å². The lowest BCUT2D eigenvalue weighted by Gasteiger charge is -2.12. The topological polar surface area (TPSA) is 84.2 Å². The normalized spacial score (nSPS) is 11.7. The molecule has 0 N–H and O–H groups in total. The van der Waals surface area contributed by atoms with Crippen molar-refractivity contribution < 1.29 is 18.9 Å². The lowest BCUT2D eigenvalue weighted by Crippen LogP contribution is -2.23. The maximum absolute atomic E-state index is 12.9. The van der Waals surface area contributed by atoms with Gasteiger partial charge in [-0.3, -0.25) is 4.79 Å². The van der Waals surface area contributed by atoms with E-state index >= 15 is 0 Å². The van der Waals surface area contributed by atoms with Crippen molar-refractivity contribution in [3.63, 3.8) is 0 Å². The molecule has 0 fully saturated rings. The molecule has 0 aliphatic heterocycles. The first-order chi connectivity index (χ1) is 15.6. The number of hydrogen-bond acceptors (Lipinski definition) is 8. The number of hydrogen-bond donors (Lipinski definition) is 0. The molecule has 166 valence electrons. The average molecular weight is 454 g/mol. The molecule has 0 unspecified atom stereocenters. The molecule has 32 heavy (non-hydrogen) atoms. The molecule has 0 radical (unpaired) electrons. The van der Waals surface area contributed by atoms with Gasteiger partial charge in [0.2, 0.25) is 10.7 Å². The van der Waals surface area contributed by atoms with Gasteiger partial charge in [-0.25, -0.2) is 0 Å². The molecule has 4 rings (SSSR count). The second-order valence-electron chi connectivity index (χ2n) is 6.88. The summed E-state index contributed by atoms with van der Waals surface area (Å²) in [5, 5.41) is 4.40. The Balaban J connectivity index is 1.69. The fourth-order valence-corrected chi connectivity index (χ4v) is 4.12. The van der Waals surface area contributed by atoms with E-state index in [1.54, 1.807) is 39.5 Å². The van der Waals surface area contributed by atoms with Gasteiger partial charge in [0.25, 0.3) is 5.56 Å². The van der Waals surface area contributed by atoms with E-state index in [1.165, 1.54) is 15.9 Å². The summed E-state index contributed by atoms with van der Waals surface area (Å²) in [4.78, 5) is 18.0. The first-order valence-corrected chi connectivity index (χ1v) is 10.8. The number of benzene rings is 2. The highest BCUT2D eigenvalue weighted by Gasteiger charge is 2.15. The smallest absolute Gasteiger partial charge is 0.291 e. The Morgan fingerprint density at radius 1 is 1.03 bits per heavy atom. The highest BCUT2D eigenvalue weighted by atomic mass is 32.1. The summed E-state index contributed by atoms with van der Waals surface area (Å²) in [5.41, 5.74) is 1.32. The molecule has 0 atom stereocenters. The Morgan fingerprint density at radius 3 is 2.28 bits per heavy atom. The van der Waals surface area contributed by atoms with Gasteiger partial charge in [0.15, 0.2) is 17.3 Å². The monoisotopic (exact) mass is 453 g/mol. The molecule has 2 heterocycles. The Kier molecular flexibility index (Phi) is 6.27. The van der Waals surface area contributed by atoms with Crippen LogP contribution >= 0.6 is 11.3 Å². The van der Waals surface area contributed by atoms with Gasteiger partial charge >= 0.3 is 0 Å². The maximum Gasteiger partial charge on any atom is 0.291 e. The van der Waals surface area contributed by atoms with Gasteiger partial charge in [-0.1, -0.05) is 18.3 Å². The highest BCUT2D eigenvalue weighted by Crippen LogP contribution is 2.38. The molecule has 8 nitrogen and oxygen atoms in total. The second-order valence-corrected chi connectivity index (χ2v) is 7.89. The molecule has 0 aliphatic rings. The number of ether oxygens (including phenoxy) is 4. The molecule has 4 aromatic rings. The van der Waals surface area contributed by atoms with E-state index in [4.69, 9.17) is 18.9 Å². The van der Waals surface area contributed by atoms with Crippen LogP contribution in [0.4, 0.5) is 0 Å². The zero-order chi connectivity index (χ0) is 22.7. The van der Waals surface area contributed by atoms with Crippen LogP contribution in [0.5, 0.6) is 23.0 Å². The first-order valence-electron chi connectivity index (χ1n) is 10.0. The van der Waals surface area contributed by atoms with Crippen molar-refractivity contribution >= 4 is 22.4 Å². The summed E-state index contributed by atoms with van der Waals surface area (Å²) >= 11 is 1.27. The summed E-state index contributed by atoms with van der Waals surface area (Å²) in [6, 6.07) is 11.1. The van der Waals surface area contributed by atoms with Gasteiger partial charge in [0, 0.05) is 5.56 Å². The van der Waals surface area contributed by atoms with Crippen LogP contribution in [0.2, 0.25) is 0 Å². The zero-order valence-electron chi connectivity index (χ0n) is 18.2. The van der Waals surface area contributed by atoms with Crippen LogP contribution in [0.15, 0.2) is 41.2 Å². The molecule has 2 aromatic carbocycles. The standard InChI is InChI=1S/C23H23N3O5S/c1-5-10-31-16-8-6-15(7-9-16)21-24-23-26(25-21)22(27)19(32-23)13-14-11-17(28-2)20(30-4)18(12-14)29-3/h6-9,11-13H,5,10H2,1-4H3/b19-13-. The number of fused-ring (bicyclic) bond motifs is 1. The van der Waals surface area contributed by atoms with Crippen molar-refractivity contribution in [1.29, 1.82) is 0 Å². The highest BCUT2D eigenvalue weighted by molar-refractivity contribution is 7.15. The molecule has 0 spiro atoms. The van der Waals surface area contributed by atoms with Crippen LogP contribution in [0, 0.1) is 0 Å². The molecular formula is C23H23N3O5S. The lowest BCUT2D eigenvalue weighted by atomic mass is 10.1. The lowest BCUT2D eigenvalue weighted by molar-refractivity contribution is 0.317. The summed E-state index contributed by atoms with van der Waals surface area (Å²) in [5.74, 6) is 2.81. The molecule has 0 saturated carbocycles. The van der Waals surface area contributed by atoms with Crippen molar-refractivity contribution in [2.75, 3.05) is 27.9 Å². The van der Waals surface area contributed by atoms with E-state index in [1.807, 2.05) is 24.3 Å². The summed E-state index contributed by atoms with van der Waals surface area (Å²) < 4.78 is 23.6. The second kappa shape index (κ2) is 9.27. The Hall–Kier alpha value is -3.59. The fourth-order valence-electron chi connectivity index (χ4n) is 3.21. The van der Waals surface area contributed by atoms with E-state index in [0.717, 1.165) is 23.3 Å². The maximum atomic E-state index is 12.9. The third-order valence-electron chi connectivity index (χ3n) is 4.75. The molecule has 0 bridgehead atoms. The minimum atomic E-state index is -0.236. The molecule has 0 saturated heterocycles.